The highest BCUT2D eigenvalue weighted by atomic mass is 16.5. The van der Waals surface area contributed by atoms with E-state index >= 15 is 0 Å². The van der Waals surface area contributed by atoms with Crippen molar-refractivity contribution in [3.05, 3.63) is 29.8 Å². The number of carbonyl (C=O) groups is 1. The summed E-state index contributed by atoms with van der Waals surface area (Å²) in [4.78, 5) is 12.0. The molecule has 3 nitrogen and oxygen atoms in total. The van der Waals surface area contributed by atoms with Crippen molar-refractivity contribution in [3.8, 4) is 5.75 Å². The standard InChI is InChI=1S/C14H21NO2/c1-10(2)15-9-13(16)12-7-5-6-8-14(12)17-11(3)4/h5-8,10-11,15H,9H2,1-4H3. The molecule has 3 heteroatoms. The van der Waals surface area contributed by atoms with Gasteiger partial charge in [0.1, 0.15) is 5.75 Å². The average molecular weight is 235 g/mol. The first-order chi connectivity index (χ1) is 8.00. The Morgan fingerprint density at radius 1 is 1.24 bits per heavy atom. The van der Waals surface area contributed by atoms with E-state index in [1.807, 2.05) is 52.0 Å². The molecule has 0 heterocycles. The van der Waals surface area contributed by atoms with Gasteiger partial charge in [0.2, 0.25) is 0 Å². The summed E-state index contributed by atoms with van der Waals surface area (Å²) in [6.07, 6.45) is 0.0713. The first-order valence-electron chi connectivity index (χ1n) is 6.03. The summed E-state index contributed by atoms with van der Waals surface area (Å²) >= 11 is 0. The van der Waals surface area contributed by atoms with E-state index in [1.54, 1.807) is 0 Å². The molecule has 0 saturated heterocycles. The largest absolute Gasteiger partial charge is 0.490 e. The molecule has 0 bridgehead atoms. The van der Waals surface area contributed by atoms with Gasteiger partial charge in [0, 0.05) is 6.04 Å². The van der Waals surface area contributed by atoms with Crippen LogP contribution in [0.25, 0.3) is 0 Å². The van der Waals surface area contributed by atoms with Crippen molar-refractivity contribution < 1.29 is 9.53 Å². The van der Waals surface area contributed by atoms with Gasteiger partial charge in [-0.25, -0.2) is 0 Å². The van der Waals surface area contributed by atoms with Crippen LogP contribution < -0.4 is 10.1 Å². The van der Waals surface area contributed by atoms with Crippen LogP contribution in [0.15, 0.2) is 24.3 Å². The van der Waals surface area contributed by atoms with Crippen LogP contribution in [0, 0.1) is 0 Å². The average Bonchev–Trinajstić information content (AvgIpc) is 2.25. The molecule has 0 aliphatic heterocycles. The van der Waals surface area contributed by atoms with Crippen LogP contribution >= 0.6 is 0 Å². The number of benzene rings is 1. The van der Waals surface area contributed by atoms with Crippen LogP contribution in [0.1, 0.15) is 38.1 Å². The van der Waals surface area contributed by atoms with Gasteiger partial charge in [0.05, 0.1) is 18.2 Å². The number of para-hydroxylation sites is 1. The van der Waals surface area contributed by atoms with Gasteiger partial charge in [-0.2, -0.15) is 0 Å². The van der Waals surface area contributed by atoms with Crippen molar-refractivity contribution >= 4 is 5.78 Å². The van der Waals surface area contributed by atoms with E-state index in [0.29, 0.717) is 23.9 Å². The number of nitrogens with one attached hydrogen (secondary N) is 1. The number of hydrogen-bond acceptors (Lipinski definition) is 3. The van der Waals surface area contributed by atoms with Gasteiger partial charge in [-0.05, 0) is 26.0 Å². The summed E-state index contributed by atoms with van der Waals surface area (Å²) in [5, 5.41) is 3.12. The van der Waals surface area contributed by atoms with Crippen LogP contribution in [0.5, 0.6) is 5.75 Å². The maximum Gasteiger partial charge on any atom is 0.180 e. The normalized spacial score (nSPS) is 10.9. The van der Waals surface area contributed by atoms with Gasteiger partial charge in [-0.15, -0.1) is 0 Å². The molecule has 1 aromatic carbocycles. The Morgan fingerprint density at radius 3 is 2.47 bits per heavy atom. The Bertz CT molecular complexity index is 372. The summed E-state index contributed by atoms with van der Waals surface area (Å²) in [6.45, 7) is 8.28. The minimum Gasteiger partial charge on any atom is -0.490 e. The second-order valence-electron chi connectivity index (χ2n) is 4.62. The molecule has 0 amide bonds. The second kappa shape index (κ2) is 6.40. The van der Waals surface area contributed by atoms with Gasteiger partial charge >= 0.3 is 0 Å². The minimum atomic E-state index is 0.0648. The maximum absolute atomic E-state index is 12.0. The summed E-state index contributed by atoms with van der Waals surface area (Å²) in [6, 6.07) is 7.68. The molecule has 0 spiro atoms. The Balaban J connectivity index is 2.78. The molecule has 0 radical (unpaired) electrons. The van der Waals surface area contributed by atoms with E-state index in [9.17, 15) is 4.79 Å². The Labute approximate surface area is 103 Å². The zero-order valence-electron chi connectivity index (χ0n) is 11.0. The fourth-order valence-electron chi connectivity index (χ4n) is 1.45. The molecular weight excluding hydrogens is 214 g/mol. The number of ketones is 1. The predicted octanol–water partition coefficient (Wildman–Crippen LogP) is 2.65. The van der Waals surface area contributed by atoms with Crippen molar-refractivity contribution in [2.45, 2.75) is 39.8 Å². The molecule has 0 aliphatic carbocycles. The van der Waals surface area contributed by atoms with Gasteiger partial charge < -0.3 is 10.1 Å². The van der Waals surface area contributed by atoms with E-state index in [1.165, 1.54) is 0 Å². The highest BCUT2D eigenvalue weighted by molar-refractivity contribution is 6.00. The number of ether oxygens (including phenoxy) is 1. The third-order valence-electron chi connectivity index (χ3n) is 2.22. The monoisotopic (exact) mass is 235 g/mol. The van der Waals surface area contributed by atoms with Crippen molar-refractivity contribution in [3.63, 3.8) is 0 Å². The van der Waals surface area contributed by atoms with Crippen LogP contribution in [-0.2, 0) is 0 Å². The molecule has 0 saturated carbocycles. The first-order valence-corrected chi connectivity index (χ1v) is 6.03. The number of rotatable bonds is 6. The lowest BCUT2D eigenvalue weighted by atomic mass is 10.1. The molecule has 1 aromatic rings. The fourth-order valence-corrected chi connectivity index (χ4v) is 1.45. The molecule has 94 valence electrons. The molecule has 0 unspecified atom stereocenters. The summed E-state index contributed by atoms with van der Waals surface area (Å²) < 4.78 is 5.62. The molecule has 0 aliphatic rings. The molecule has 0 fully saturated rings. The fraction of sp³-hybridized carbons (Fsp3) is 0.500. The van der Waals surface area contributed by atoms with Crippen molar-refractivity contribution in [1.29, 1.82) is 0 Å². The van der Waals surface area contributed by atoms with Gasteiger partial charge in [0.15, 0.2) is 5.78 Å². The third kappa shape index (κ3) is 4.57. The summed E-state index contributed by atoms with van der Waals surface area (Å²) in [5.74, 6) is 0.730. The van der Waals surface area contributed by atoms with Crippen LogP contribution in [0.2, 0.25) is 0 Å². The highest BCUT2D eigenvalue weighted by Crippen LogP contribution is 2.19. The minimum absolute atomic E-state index is 0.0648. The molecule has 0 aromatic heterocycles. The van der Waals surface area contributed by atoms with Gasteiger partial charge in [-0.1, -0.05) is 26.0 Å². The molecule has 17 heavy (non-hydrogen) atoms. The lowest BCUT2D eigenvalue weighted by molar-refractivity contribution is 0.0982. The van der Waals surface area contributed by atoms with Gasteiger partial charge in [-0.3, -0.25) is 4.79 Å². The summed E-state index contributed by atoms with van der Waals surface area (Å²) in [7, 11) is 0. The summed E-state index contributed by atoms with van der Waals surface area (Å²) in [5.41, 5.74) is 0.648. The number of Topliss-reactive ketones (excluding diaryl/α,β-unsaturated/α-hetero) is 1. The lowest BCUT2D eigenvalue weighted by Gasteiger charge is -2.14. The maximum atomic E-state index is 12.0. The number of carbonyl (C=O) groups excluding carboxylic acids is 1. The Hall–Kier alpha value is -1.35. The third-order valence-corrected chi connectivity index (χ3v) is 2.22. The van der Waals surface area contributed by atoms with Crippen molar-refractivity contribution in [2.75, 3.05) is 6.54 Å². The first kappa shape index (κ1) is 13.7. The zero-order chi connectivity index (χ0) is 12.8. The predicted molar refractivity (Wildman–Crippen MR) is 69.7 cm³/mol. The molecule has 1 N–H and O–H groups in total. The molecule has 0 atom stereocenters. The molecular formula is C14H21NO2. The van der Waals surface area contributed by atoms with Crippen LogP contribution in [0.4, 0.5) is 0 Å². The van der Waals surface area contributed by atoms with E-state index < -0.39 is 0 Å². The SMILES string of the molecule is CC(C)NCC(=O)c1ccccc1OC(C)C. The van der Waals surface area contributed by atoms with Crippen molar-refractivity contribution in [2.24, 2.45) is 0 Å². The van der Waals surface area contributed by atoms with E-state index in [-0.39, 0.29) is 11.9 Å². The lowest BCUT2D eigenvalue weighted by Crippen LogP contribution is -2.29. The van der Waals surface area contributed by atoms with E-state index in [2.05, 4.69) is 5.32 Å². The Morgan fingerprint density at radius 2 is 1.88 bits per heavy atom. The van der Waals surface area contributed by atoms with Crippen LogP contribution in [-0.4, -0.2) is 24.5 Å². The Kier molecular flexibility index (Phi) is 5.16. The number of hydrogen-bond donors (Lipinski definition) is 1. The van der Waals surface area contributed by atoms with Crippen molar-refractivity contribution in [1.82, 2.24) is 5.32 Å². The second-order valence-corrected chi connectivity index (χ2v) is 4.62. The molecule has 1 rings (SSSR count). The van der Waals surface area contributed by atoms with Gasteiger partial charge in [0.25, 0.3) is 0 Å². The van der Waals surface area contributed by atoms with E-state index in [0.717, 1.165) is 0 Å². The zero-order valence-corrected chi connectivity index (χ0v) is 11.0. The van der Waals surface area contributed by atoms with Crippen LogP contribution in [0.3, 0.4) is 0 Å². The quantitative estimate of drug-likeness (QED) is 0.770. The smallest absolute Gasteiger partial charge is 0.180 e. The topological polar surface area (TPSA) is 38.3 Å². The van der Waals surface area contributed by atoms with E-state index in [4.69, 9.17) is 4.74 Å². The highest BCUT2D eigenvalue weighted by Gasteiger charge is 2.12.